The lowest BCUT2D eigenvalue weighted by Gasteiger charge is -2.12. The molecule has 0 radical (unpaired) electrons. The van der Waals surface area contributed by atoms with Gasteiger partial charge in [-0.1, -0.05) is 30.3 Å². The van der Waals surface area contributed by atoms with E-state index in [1.54, 1.807) is 6.07 Å². The van der Waals surface area contributed by atoms with E-state index in [2.05, 4.69) is 4.98 Å². The van der Waals surface area contributed by atoms with Crippen molar-refractivity contribution in [2.45, 2.75) is 6.18 Å². The summed E-state index contributed by atoms with van der Waals surface area (Å²) in [7, 11) is 1.82. The number of benzene rings is 3. The van der Waals surface area contributed by atoms with E-state index in [-0.39, 0.29) is 18.2 Å². The maximum atomic E-state index is 13.9. The number of aromatic amines is 1. The number of rotatable bonds is 2. The van der Waals surface area contributed by atoms with Gasteiger partial charge < -0.3 is 17.4 Å². The minimum Gasteiger partial charge on any atom is -1.00 e. The van der Waals surface area contributed by atoms with Crippen LogP contribution in [0.5, 0.6) is 0 Å². The molecule has 32 heavy (non-hydrogen) atoms. The summed E-state index contributed by atoms with van der Waals surface area (Å²) in [4.78, 5) is 3.24. The molecular weight excluding hydrogens is 440 g/mol. The molecule has 0 bridgehead atoms. The van der Waals surface area contributed by atoms with Crippen LogP contribution in [-0.2, 0) is 6.18 Å². The lowest BCUT2D eigenvalue weighted by Crippen LogP contribution is -3.00. The van der Waals surface area contributed by atoms with Crippen LogP contribution < -0.4 is 12.4 Å². The van der Waals surface area contributed by atoms with Crippen LogP contribution in [0.4, 0.5) is 23.2 Å². The smallest absolute Gasteiger partial charge is 0.416 e. The summed E-state index contributed by atoms with van der Waals surface area (Å²) in [6.45, 7) is 0. The number of fused-ring (bicyclic) bond motifs is 2. The average molecular weight is 457 g/mol. The molecule has 2 nitrogen and oxygen atoms in total. The standard InChI is InChI=1S/C25H16F4N2.ClH/c1-31-14-21(19-11-10-17(26)12-23(19)31)24(15-6-8-16(9-7-15)25(27,28)29)20-13-30-22-5-3-2-4-18(20)22;/h2-14H,1H3;1H. The third kappa shape index (κ3) is 3.60. The first-order valence-electron chi connectivity index (χ1n) is 9.69. The second kappa shape index (κ2) is 7.95. The van der Waals surface area contributed by atoms with Gasteiger partial charge in [-0.3, -0.25) is 0 Å². The lowest BCUT2D eigenvalue weighted by molar-refractivity contribution is -0.395. The molecule has 162 valence electrons. The topological polar surface area (TPSA) is 18.8 Å². The van der Waals surface area contributed by atoms with Crippen LogP contribution in [0, 0.1) is 5.82 Å². The Bertz CT molecular complexity index is 1380. The number of para-hydroxylation sites is 1. The normalized spacial score (nSPS) is 14.7. The molecule has 0 saturated carbocycles. The first-order valence-corrected chi connectivity index (χ1v) is 9.69. The number of H-pyrrole nitrogens is 1. The summed E-state index contributed by atoms with van der Waals surface area (Å²) in [5.41, 5.74) is 4.87. The SMILES string of the molecule is C[N+]1=CC(=C(c2ccc(C(F)(F)F)cc2)c2c[nH]c3ccccc23)c2ccc(F)cc21.[Cl-]. The number of halogens is 5. The Balaban J connectivity index is 0.00000245. The maximum absolute atomic E-state index is 13.9. The van der Waals surface area contributed by atoms with Crippen LogP contribution >= 0.6 is 0 Å². The maximum Gasteiger partial charge on any atom is 0.416 e. The summed E-state index contributed by atoms with van der Waals surface area (Å²) in [6.07, 6.45) is -0.657. The third-order valence-corrected chi connectivity index (χ3v) is 5.58. The van der Waals surface area contributed by atoms with Crippen molar-refractivity contribution in [2.24, 2.45) is 0 Å². The molecule has 3 aromatic carbocycles. The number of nitrogens with zero attached hydrogens (tertiary/aromatic N) is 1. The second-order valence-corrected chi connectivity index (χ2v) is 7.51. The quantitative estimate of drug-likeness (QED) is 0.351. The molecule has 0 unspecified atom stereocenters. The molecule has 5 rings (SSSR count). The Kier molecular flexibility index (Phi) is 5.42. The molecule has 1 aliphatic rings. The Labute approximate surface area is 187 Å². The number of allylic oxidation sites excluding steroid dienone is 1. The molecule has 2 heterocycles. The van der Waals surface area contributed by atoms with Gasteiger partial charge in [0.25, 0.3) is 0 Å². The van der Waals surface area contributed by atoms with Crippen molar-refractivity contribution in [1.29, 1.82) is 0 Å². The Morgan fingerprint density at radius 1 is 0.938 bits per heavy atom. The summed E-state index contributed by atoms with van der Waals surface area (Å²) < 4.78 is 55.1. The van der Waals surface area contributed by atoms with E-state index in [1.165, 1.54) is 24.3 Å². The van der Waals surface area contributed by atoms with Gasteiger partial charge in [-0.15, -0.1) is 0 Å². The zero-order valence-corrected chi connectivity index (χ0v) is 17.6. The molecule has 1 aromatic heterocycles. The van der Waals surface area contributed by atoms with Crippen molar-refractivity contribution in [2.75, 3.05) is 7.05 Å². The molecule has 4 aromatic rings. The summed E-state index contributed by atoms with van der Waals surface area (Å²) in [6, 6.07) is 17.5. The minimum atomic E-state index is -4.41. The van der Waals surface area contributed by atoms with Crippen LogP contribution in [0.25, 0.3) is 22.0 Å². The Morgan fingerprint density at radius 3 is 2.38 bits per heavy atom. The zero-order valence-electron chi connectivity index (χ0n) is 16.8. The van der Waals surface area contributed by atoms with Gasteiger partial charge in [0.2, 0.25) is 5.69 Å². The van der Waals surface area contributed by atoms with Crippen molar-refractivity contribution < 1.29 is 34.5 Å². The van der Waals surface area contributed by atoms with E-state index < -0.39 is 11.7 Å². The fourth-order valence-electron chi connectivity index (χ4n) is 4.12. The van der Waals surface area contributed by atoms with E-state index in [0.717, 1.165) is 45.3 Å². The largest absolute Gasteiger partial charge is 1.00 e. The summed E-state index contributed by atoms with van der Waals surface area (Å²) in [5, 5.41) is 0.955. The number of hydrogen-bond acceptors (Lipinski definition) is 0. The van der Waals surface area contributed by atoms with Gasteiger partial charge in [-0.25, -0.2) is 8.97 Å². The van der Waals surface area contributed by atoms with Crippen LogP contribution in [0.1, 0.15) is 22.3 Å². The van der Waals surface area contributed by atoms with Gasteiger partial charge in [0.15, 0.2) is 6.21 Å². The predicted molar refractivity (Wildman–Crippen MR) is 114 cm³/mol. The Hall–Kier alpha value is -3.38. The van der Waals surface area contributed by atoms with E-state index in [0.29, 0.717) is 11.3 Å². The van der Waals surface area contributed by atoms with Crippen molar-refractivity contribution in [1.82, 2.24) is 4.98 Å². The minimum absolute atomic E-state index is 0. The van der Waals surface area contributed by atoms with Crippen LogP contribution in [0.2, 0.25) is 0 Å². The van der Waals surface area contributed by atoms with Gasteiger partial charge >= 0.3 is 6.18 Å². The number of alkyl halides is 3. The monoisotopic (exact) mass is 456 g/mol. The zero-order chi connectivity index (χ0) is 21.8. The molecule has 0 saturated heterocycles. The number of aromatic nitrogens is 1. The average Bonchev–Trinajstić information content (AvgIpc) is 3.30. The number of nitrogens with one attached hydrogen (secondary N) is 1. The summed E-state index contributed by atoms with van der Waals surface area (Å²) >= 11 is 0. The molecule has 0 fully saturated rings. The van der Waals surface area contributed by atoms with Crippen molar-refractivity contribution in [3.05, 3.63) is 101 Å². The van der Waals surface area contributed by atoms with Crippen molar-refractivity contribution in [3.8, 4) is 0 Å². The van der Waals surface area contributed by atoms with Crippen molar-refractivity contribution in [3.63, 3.8) is 0 Å². The van der Waals surface area contributed by atoms with E-state index in [4.69, 9.17) is 0 Å². The summed E-state index contributed by atoms with van der Waals surface area (Å²) in [5.74, 6) is -0.344. The fourth-order valence-corrected chi connectivity index (χ4v) is 4.12. The molecular formula is C25H17ClF4N2. The molecule has 0 aliphatic carbocycles. The van der Waals surface area contributed by atoms with Gasteiger partial charge in [0.05, 0.1) is 16.7 Å². The molecule has 0 atom stereocenters. The van der Waals surface area contributed by atoms with Crippen molar-refractivity contribution >= 4 is 34.0 Å². The highest BCUT2D eigenvalue weighted by Crippen LogP contribution is 2.41. The third-order valence-electron chi connectivity index (χ3n) is 5.58. The first kappa shape index (κ1) is 21.8. The van der Waals surface area contributed by atoms with E-state index >= 15 is 0 Å². The van der Waals surface area contributed by atoms with Gasteiger partial charge in [0.1, 0.15) is 12.9 Å². The molecule has 7 heteroatoms. The highest BCUT2D eigenvalue weighted by atomic mass is 35.5. The van der Waals surface area contributed by atoms with Gasteiger partial charge in [-0.05, 0) is 35.9 Å². The van der Waals surface area contributed by atoms with Crippen LogP contribution in [0.15, 0.2) is 72.9 Å². The van der Waals surface area contributed by atoms with E-state index in [1.807, 2.05) is 48.3 Å². The Morgan fingerprint density at radius 2 is 1.66 bits per heavy atom. The first-order chi connectivity index (χ1) is 14.8. The molecule has 1 N–H and O–H groups in total. The van der Waals surface area contributed by atoms with Gasteiger partial charge in [-0.2, -0.15) is 13.2 Å². The predicted octanol–water partition coefficient (Wildman–Crippen LogP) is 3.65. The van der Waals surface area contributed by atoms with E-state index in [9.17, 15) is 17.6 Å². The molecule has 0 spiro atoms. The molecule has 0 amide bonds. The second-order valence-electron chi connectivity index (χ2n) is 7.51. The van der Waals surface area contributed by atoms with Crippen LogP contribution in [0.3, 0.4) is 0 Å². The highest BCUT2D eigenvalue weighted by molar-refractivity contribution is 6.25. The van der Waals surface area contributed by atoms with Gasteiger partial charge in [0, 0.05) is 34.3 Å². The molecule has 1 aliphatic heterocycles. The highest BCUT2D eigenvalue weighted by Gasteiger charge is 2.32. The lowest BCUT2D eigenvalue weighted by atomic mass is 9.89. The fraction of sp³-hybridized carbons (Fsp3) is 0.0800. The van der Waals surface area contributed by atoms with Crippen LogP contribution in [-0.4, -0.2) is 22.8 Å². The number of hydrogen-bond donors (Lipinski definition) is 1.